The maximum Gasteiger partial charge on any atom is 0.317 e. The van der Waals surface area contributed by atoms with Crippen LogP contribution in [0.15, 0.2) is 60.7 Å². The van der Waals surface area contributed by atoms with E-state index in [1.165, 1.54) is 0 Å². The Morgan fingerprint density at radius 1 is 0.848 bits per heavy atom. The van der Waals surface area contributed by atoms with Crippen molar-refractivity contribution in [3.05, 3.63) is 77.4 Å². The molecule has 46 heavy (non-hydrogen) atoms. The van der Waals surface area contributed by atoms with Gasteiger partial charge in [0.05, 0.1) is 20.1 Å². The van der Waals surface area contributed by atoms with Crippen LogP contribution in [0.2, 0.25) is 0 Å². The number of rotatable bonds is 10. The normalized spacial score (nSPS) is 27.6. The van der Waals surface area contributed by atoms with E-state index in [0.717, 1.165) is 16.7 Å². The molecule has 0 spiro atoms. The third kappa shape index (κ3) is 6.01. The number of carbonyl (C=O) groups is 2. The molecule has 1 saturated heterocycles. The Hall–Kier alpha value is -4.56. The number of aliphatic hydroxyl groups excluding tert-OH is 3. The first kappa shape index (κ1) is 31.4. The summed E-state index contributed by atoms with van der Waals surface area (Å²) in [6.45, 7) is -0.569. The van der Waals surface area contributed by atoms with Gasteiger partial charge in [-0.3, -0.25) is 9.59 Å². The number of esters is 1. The highest BCUT2D eigenvalue weighted by Crippen LogP contribution is 2.58. The Labute approximate surface area is 263 Å². The number of fused-ring (bicyclic) bond motifs is 5. The lowest BCUT2D eigenvalue weighted by Crippen LogP contribution is -2.60. The van der Waals surface area contributed by atoms with Gasteiger partial charge < -0.3 is 53.6 Å². The van der Waals surface area contributed by atoms with Crippen LogP contribution in [0.1, 0.15) is 35.1 Å². The van der Waals surface area contributed by atoms with E-state index in [1.807, 2.05) is 42.5 Å². The molecule has 4 N–H and O–H groups in total. The van der Waals surface area contributed by atoms with Crippen LogP contribution in [0, 0.1) is 0 Å². The van der Waals surface area contributed by atoms with Crippen molar-refractivity contribution in [2.75, 3.05) is 20.8 Å². The average molecular weight is 639 g/mol. The fraction of sp³-hybridized carbons (Fsp3) is 0.394. The minimum atomic E-state index is -1.70. The van der Waals surface area contributed by atoms with Gasteiger partial charge in [-0.2, -0.15) is 0 Å². The van der Waals surface area contributed by atoms with E-state index < -0.39 is 61.8 Å². The van der Waals surface area contributed by atoms with Crippen molar-refractivity contribution < 1.29 is 63.2 Å². The molecule has 0 radical (unpaired) electrons. The van der Waals surface area contributed by atoms with Gasteiger partial charge in [-0.1, -0.05) is 36.4 Å². The van der Waals surface area contributed by atoms with Crippen LogP contribution < -0.4 is 23.7 Å². The van der Waals surface area contributed by atoms with Gasteiger partial charge in [0.25, 0.3) is 0 Å². The van der Waals surface area contributed by atoms with Crippen molar-refractivity contribution in [1.82, 2.24) is 0 Å². The summed E-state index contributed by atoms with van der Waals surface area (Å²) in [5.74, 6) is -0.317. The highest BCUT2D eigenvalue weighted by atomic mass is 16.7. The molecule has 3 aromatic rings. The molecule has 0 amide bonds. The molecular weight excluding hydrogens is 604 g/mol. The number of aliphatic hydroxyl groups is 3. The maximum absolute atomic E-state index is 11.7. The first-order valence-corrected chi connectivity index (χ1v) is 14.7. The van der Waals surface area contributed by atoms with E-state index in [1.54, 1.807) is 32.4 Å². The fourth-order valence-corrected chi connectivity index (χ4v) is 6.13. The lowest BCUT2D eigenvalue weighted by atomic mass is 9.81. The molecule has 3 heterocycles. The van der Waals surface area contributed by atoms with Gasteiger partial charge >= 0.3 is 11.9 Å². The van der Waals surface area contributed by atoms with Gasteiger partial charge in [0.15, 0.2) is 11.5 Å². The lowest BCUT2D eigenvalue weighted by Gasteiger charge is -2.40. The molecular formula is C33H34O13. The number of carboxylic acid groups (broad SMARTS) is 1. The predicted octanol–water partition coefficient (Wildman–Crippen LogP) is 2.13. The Morgan fingerprint density at radius 3 is 2.33 bits per heavy atom. The van der Waals surface area contributed by atoms with Crippen LogP contribution >= 0.6 is 0 Å². The van der Waals surface area contributed by atoms with Gasteiger partial charge in [-0.25, -0.2) is 0 Å². The second kappa shape index (κ2) is 13.0. The molecule has 3 aromatic carbocycles. The predicted molar refractivity (Wildman–Crippen MR) is 157 cm³/mol. The van der Waals surface area contributed by atoms with E-state index in [-0.39, 0.29) is 17.8 Å². The number of carboxylic acids is 1. The maximum atomic E-state index is 11.7. The van der Waals surface area contributed by atoms with E-state index >= 15 is 0 Å². The fourth-order valence-electron chi connectivity index (χ4n) is 6.13. The number of aliphatic carboxylic acids is 1. The van der Waals surface area contributed by atoms with Gasteiger partial charge in [0.1, 0.15) is 61.2 Å². The first-order valence-electron chi connectivity index (χ1n) is 14.7. The number of carbonyl (C=O) groups excluding carboxylic acids is 1. The molecule has 13 nitrogen and oxygen atoms in total. The third-order valence-electron chi connectivity index (χ3n) is 8.34. The zero-order valence-corrected chi connectivity index (χ0v) is 25.0. The van der Waals surface area contributed by atoms with Crippen molar-refractivity contribution in [1.29, 1.82) is 0 Å². The van der Waals surface area contributed by atoms with E-state index in [4.69, 9.17) is 38.3 Å². The molecule has 244 valence electrons. The molecule has 0 unspecified atom stereocenters. The summed E-state index contributed by atoms with van der Waals surface area (Å²) >= 11 is 0. The Bertz CT molecular complexity index is 1580. The van der Waals surface area contributed by atoms with Crippen LogP contribution in [0.4, 0.5) is 0 Å². The summed E-state index contributed by atoms with van der Waals surface area (Å²) in [4.78, 5) is 22.5. The van der Waals surface area contributed by atoms with E-state index in [2.05, 4.69) is 0 Å². The molecule has 0 bridgehead atoms. The van der Waals surface area contributed by atoms with Crippen LogP contribution in [-0.2, 0) is 25.5 Å². The molecule has 6 rings (SSSR count). The monoisotopic (exact) mass is 638 g/mol. The summed E-state index contributed by atoms with van der Waals surface area (Å²) in [6, 6.07) is 18.8. The van der Waals surface area contributed by atoms with Crippen LogP contribution in [0.3, 0.4) is 0 Å². The van der Waals surface area contributed by atoms with Gasteiger partial charge in [-0.05, 0) is 23.8 Å². The smallest absolute Gasteiger partial charge is 0.317 e. The molecule has 13 heteroatoms. The minimum absolute atomic E-state index is 0.181. The van der Waals surface area contributed by atoms with Crippen LogP contribution in [-0.4, -0.2) is 90.0 Å². The lowest BCUT2D eigenvalue weighted by molar-refractivity contribution is -0.278. The molecule has 8 atom stereocenters. The van der Waals surface area contributed by atoms with Gasteiger partial charge in [0.2, 0.25) is 12.0 Å². The molecule has 0 aromatic heterocycles. The number of benzene rings is 3. The third-order valence-corrected chi connectivity index (χ3v) is 8.34. The summed E-state index contributed by atoms with van der Waals surface area (Å²) in [6.07, 6.45) is -8.87. The van der Waals surface area contributed by atoms with Crippen LogP contribution in [0.25, 0.3) is 0 Å². The van der Waals surface area contributed by atoms with E-state index in [9.17, 15) is 24.9 Å². The van der Waals surface area contributed by atoms with Crippen molar-refractivity contribution in [3.63, 3.8) is 0 Å². The Balaban J connectivity index is 1.26. The first-order chi connectivity index (χ1) is 22.2. The molecule has 3 aliphatic rings. The summed E-state index contributed by atoms with van der Waals surface area (Å²) in [5.41, 5.74) is 2.75. The SMILES string of the molecule is COc1ccc2c(c1OC)O[C@@H]1c3ccc(O[C@H]4O[C@H](COC(=O)CC(=O)O)[C@@H](O)[C@H](O)[C@H]4O)cc3O[C@H](Cc3ccccc3)[C@@H]21. The largest absolute Gasteiger partial charge is 0.493 e. The molecule has 0 saturated carbocycles. The van der Waals surface area contributed by atoms with E-state index in [0.29, 0.717) is 29.4 Å². The number of hydrogen-bond acceptors (Lipinski definition) is 12. The highest BCUT2D eigenvalue weighted by molar-refractivity contribution is 5.90. The summed E-state index contributed by atoms with van der Waals surface area (Å²) < 4.78 is 40.8. The highest BCUT2D eigenvalue weighted by Gasteiger charge is 2.49. The molecule has 0 aliphatic carbocycles. The van der Waals surface area contributed by atoms with Gasteiger partial charge in [0, 0.05) is 23.6 Å². The van der Waals surface area contributed by atoms with Crippen molar-refractivity contribution in [2.45, 2.75) is 61.7 Å². The number of hydrogen-bond donors (Lipinski definition) is 4. The second-order valence-electron chi connectivity index (χ2n) is 11.2. The molecule has 1 fully saturated rings. The van der Waals surface area contributed by atoms with Crippen molar-refractivity contribution in [3.8, 4) is 28.7 Å². The van der Waals surface area contributed by atoms with Crippen molar-refractivity contribution in [2.24, 2.45) is 0 Å². The average Bonchev–Trinajstić information content (AvgIpc) is 3.44. The zero-order chi connectivity index (χ0) is 32.5. The summed E-state index contributed by atoms with van der Waals surface area (Å²) in [7, 11) is 3.12. The Kier molecular flexibility index (Phi) is 8.91. The number of ether oxygens (including phenoxy) is 7. The quantitative estimate of drug-likeness (QED) is 0.188. The van der Waals surface area contributed by atoms with Crippen LogP contribution in [0.5, 0.6) is 28.7 Å². The van der Waals surface area contributed by atoms with Crippen molar-refractivity contribution >= 4 is 11.9 Å². The van der Waals surface area contributed by atoms with Gasteiger partial charge in [-0.15, -0.1) is 0 Å². The molecule has 3 aliphatic heterocycles. The second-order valence-corrected chi connectivity index (χ2v) is 11.2. The standard InChI is InChI=1S/C33H34O13/c1-40-20-11-10-19-26-22(12-16-6-4-3-5-7-16)44-21-13-17(8-9-18(21)30(26)46-31(19)32(20)41-2)43-33-29(39)28(38)27(37)23(45-33)15-42-25(36)14-24(34)35/h3-11,13,22-23,26-30,33,37-39H,12,14-15H2,1-2H3,(H,34,35)/t22-,23-,26-,27-,28+,29-,30-,33+/m1/s1. The minimum Gasteiger partial charge on any atom is -0.493 e. The Morgan fingerprint density at radius 2 is 1.61 bits per heavy atom. The zero-order valence-electron chi connectivity index (χ0n) is 25.0. The summed E-state index contributed by atoms with van der Waals surface area (Å²) in [5, 5.41) is 40.2. The number of methoxy groups -OCH3 is 2. The topological polar surface area (TPSA) is 180 Å².